The van der Waals surface area contributed by atoms with Crippen LogP contribution < -0.4 is 10.8 Å². The average Bonchev–Trinajstić information content (AvgIpc) is 1.90. The average molecular weight is 119 g/mol. The number of nitrogens with one attached hydrogen (secondary N) is 1. The molecule has 1 N–H and O–H groups in total. The molecule has 1 aromatic heterocycles. The van der Waals surface area contributed by atoms with Gasteiger partial charge in [0.15, 0.2) is 0 Å². The van der Waals surface area contributed by atoms with Gasteiger partial charge in [0.1, 0.15) is 7.85 Å². The minimum atomic E-state index is 0.578. The molecular formula is C5H6BN3. The molecule has 44 valence electrons. The van der Waals surface area contributed by atoms with E-state index >= 15 is 0 Å². The lowest BCUT2D eigenvalue weighted by molar-refractivity contribution is 1.16. The van der Waals surface area contributed by atoms with Crippen LogP contribution >= 0.6 is 0 Å². The van der Waals surface area contributed by atoms with Gasteiger partial charge in [-0.2, -0.15) is 0 Å². The highest BCUT2D eigenvalue weighted by molar-refractivity contribution is 6.31. The maximum atomic E-state index is 5.33. The van der Waals surface area contributed by atoms with Gasteiger partial charge < -0.3 is 5.32 Å². The zero-order valence-corrected chi connectivity index (χ0v) is 5.13. The van der Waals surface area contributed by atoms with Gasteiger partial charge in [0.2, 0.25) is 5.95 Å². The number of hydrogen-bond acceptors (Lipinski definition) is 3. The van der Waals surface area contributed by atoms with Crippen molar-refractivity contribution in [3.63, 3.8) is 0 Å². The Morgan fingerprint density at radius 1 is 1.44 bits per heavy atom. The summed E-state index contributed by atoms with van der Waals surface area (Å²) in [5.74, 6) is 0.587. The van der Waals surface area contributed by atoms with Crippen molar-refractivity contribution in [2.45, 2.75) is 0 Å². The van der Waals surface area contributed by atoms with Crippen molar-refractivity contribution < 1.29 is 0 Å². The van der Waals surface area contributed by atoms with Gasteiger partial charge in [-0.15, -0.1) is 0 Å². The first-order valence-corrected chi connectivity index (χ1v) is 2.58. The van der Waals surface area contributed by atoms with Crippen LogP contribution in [-0.4, -0.2) is 24.9 Å². The van der Waals surface area contributed by atoms with Gasteiger partial charge in [0.25, 0.3) is 0 Å². The molecule has 0 aromatic carbocycles. The van der Waals surface area contributed by atoms with E-state index < -0.39 is 0 Å². The number of hydrogen-bond donors (Lipinski definition) is 1. The quantitative estimate of drug-likeness (QED) is 0.497. The Balaban J connectivity index is 2.88. The summed E-state index contributed by atoms with van der Waals surface area (Å²) in [6.07, 6.45) is 3.11. The van der Waals surface area contributed by atoms with Crippen molar-refractivity contribution in [2.24, 2.45) is 0 Å². The molecule has 0 saturated heterocycles. The van der Waals surface area contributed by atoms with E-state index in [2.05, 4.69) is 15.3 Å². The summed E-state index contributed by atoms with van der Waals surface area (Å²) in [5, 5.41) is 2.78. The van der Waals surface area contributed by atoms with E-state index in [1.54, 1.807) is 19.4 Å². The fourth-order valence-electron chi connectivity index (χ4n) is 0.467. The van der Waals surface area contributed by atoms with E-state index in [4.69, 9.17) is 7.85 Å². The van der Waals surface area contributed by atoms with E-state index in [0.29, 0.717) is 11.4 Å². The molecular weight excluding hydrogens is 113 g/mol. The van der Waals surface area contributed by atoms with Crippen molar-refractivity contribution in [2.75, 3.05) is 12.4 Å². The Labute approximate surface area is 54.9 Å². The minimum Gasteiger partial charge on any atom is -0.357 e. The third-order valence-electron chi connectivity index (χ3n) is 0.895. The molecule has 9 heavy (non-hydrogen) atoms. The topological polar surface area (TPSA) is 37.8 Å². The molecule has 1 heterocycles. The molecule has 2 radical (unpaired) electrons. The van der Waals surface area contributed by atoms with Crippen molar-refractivity contribution in [3.05, 3.63) is 12.4 Å². The lowest BCUT2D eigenvalue weighted by Gasteiger charge is -1.95. The highest BCUT2D eigenvalue weighted by atomic mass is 15.1. The van der Waals surface area contributed by atoms with Crippen molar-refractivity contribution in [1.29, 1.82) is 0 Å². The summed E-state index contributed by atoms with van der Waals surface area (Å²) in [5.41, 5.74) is 0.578. The summed E-state index contributed by atoms with van der Waals surface area (Å²) < 4.78 is 0. The number of rotatable bonds is 1. The van der Waals surface area contributed by atoms with Crippen molar-refractivity contribution in [1.82, 2.24) is 9.97 Å². The predicted molar refractivity (Wildman–Crippen MR) is 37.0 cm³/mol. The smallest absolute Gasteiger partial charge is 0.222 e. The molecule has 0 spiro atoms. The van der Waals surface area contributed by atoms with E-state index in [0.717, 1.165) is 0 Å². The molecule has 3 nitrogen and oxygen atoms in total. The third-order valence-corrected chi connectivity index (χ3v) is 0.895. The predicted octanol–water partition coefficient (Wildman–Crippen LogP) is -0.688. The second-order valence-electron chi connectivity index (χ2n) is 1.59. The Morgan fingerprint density at radius 3 is 2.44 bits per heavy atom. The van der Waals surface area contributed by atoms with Crippen LogP contribution in [-0.2, 0) is 0 Å². The van der Waals surface area contributed by atoms with Crippen molar-refractivity contribution >= 4 is 19.3 Å². The summed E-state index contributed by atoms with van der Waals surface area (Å²) in [7, 11) is 7.08. The standard InChI is InChI=1S/C5H6BN3/c1-7-5-8-2-4(6)3-9-5/h2-3H,1H3,(H,7,8,9). The van der Waals surface area contributed by atoms with Crippen LogP contribution in [0, 0.1) is 0 Å². The van der Waals surface area contributed by atoms with Gasteiger partial charge >= 0.3 is 0 Å². The first-order chi connectivity index (χ1) is 4.33. The summed E-state index contributed by atoms with van der Waals surface area (Å²) in [6.45, 7) is 0. The first-order valence-electron chi connectivity index (χ1n) is 2.58. The van der Waals surface area contributed by atoms with Gasteiger partial charge in [-0.1, -0.05) is 5.46 Å². The van der Waals surface area contributed by atoms with Gasteiger partial charge in [-0.25, -0.2) is 9.97 Å². The zero-order chi connectivity index (χ0) is 6.69. The normalized spacial score (nSPS) is 9.00. The maximum Gasteiger partial charge on any atom is 0.222 e. The van der Waals surface area contributed by atoms with Crippen molar-refractivity contribution in [3.8, 4) is 0 Å². The Bertz CT molecular complexity index is 184. The fraction of sp³-hybridized carbons (Fsp3) is 0.200. The highest BCUT2D eigenvalue weighted by Gasteiger charge is 1.86. The summed E-state index contributed by atoms with van der Waals surface area (Å²) in [6, 6.07) is 0. The second kappa shape index (κ2) is 2.48. The Morgan fingerprint density at radius 2 is 2.00 bits per heavy atom. The molecule has 0 unspecified atom stereocenters. The van der Waals surface area contributed by atoms with Crippen LogP contribution in [0.25, 0.3) is 0 Å². The van der Waals surface area contributed by atoms with E-state index in [-0.39, 0.29) is 0 Å². The van der Waals surface area contributed by atoms with E-state index in [1.807, 2.05) is 0 Å². The van der Waals surface area contributed by atoms with Crippen LogP contribution in [0.3, 0.4) is 0 Å². The van der Waals surface area contributed by atoms with E-state index in [1.165, 1.54) is 0 Å². The first kappa shape index (κ1) is 6.07. The van der Waals surface area contributed by atoms with Crippen LogP contribution in [0.15, 0.2) is 12.4 Å². The van der Waals surface area contributed by atoms with Crippen LogP contribution in [0.5, 0.6) is 0 Å². The molecule has 0 amide bonds. The molecule has 1 rings (SSSR count). The van der Waals surface area contributed by atoms with Gasteiger partial charge in [0.05, 0.1) is 0 Å². The van der Waals surface area contributed by atoms with Gasteiger partial charge in [0, 0.05) is 19.4 Å². The number of nitrogens with zero attached hydrogens (tertiary/aromatic N) is 2. The zero-order valence-electron chi connectivity index (χ0n) is 5.13. The molecule has 1 aromatic rings. The summed E-state index contributed by atoms with van der Waals surface area (Å²) in [4.78, 5) is 7.70. The molecule has 0 aliphatic rings. The second-order valence-corrected chi connectivity index (χ2v) is 1.59. The fourth-order valence-corrected chi connectivity index (χ4v) is 0.467. The van der Waals surface area contributed by atoms with Crippen LogP contribution in [0.1, 0.15) is 0 Å². The largest absolute Gasteiger partial charge is 0.357 e. The molecule has 4 heteroatoms. The number of anilines is 1. The van der Waals surface area contributed by atoms with Gasteiger partial charge in [-0.3, -0.25) is 0 Å². The Kier molecular flexibility index (Phi) is 1.67. The molecule has 0 atom stereocenters. The monoisotopic (exact) mass is 119 g/mol. The Hall–Kier alpha value is -1.06. The lowest BCUT2D eigenvalue weighted by Crippen LogP contribution is -2.06. The molecule has 0 aliphatic heterocycles. The highest BCUT2D eigenvalue weighted by Crippen LogP contribution is 1.86. The molecule has 0 fully saturated rings. The molecule has 0 aliphatic carbocycles. The minimum absolute atomic E-state index is 0.578. The molecule has 0 saturated carbocycles. The van der Waals surface area contributed by atoms with Crippen LogP contribution in [0.2, 0.25) is 0 Å². The van der Waals surface area contributed by atoms with Gasteiger partial charge in [-0.05, 0) is 0 Å². The maximum absolute atomic E-state index is 5.33. The molecule has 0 bridgehead atoms. The summed E-state index contributed by atoms with van der Waals surface area (Å²) >= 11 is 0. The third kappa shape index (κ3) is 1.42. The van der Waals surface area contributed by atoms with E-state index in [9.17, 15) is 0 Å². The van der Waals surface area contributed by atoms with Crippen LogP contribution in [0.4, 0.5) is 5.95 Å². The SMILES string of the molecule is [B]c1cnc(NC)nc1. The number of aromatic nitrogens is 2. The lowest BCUT2D eigenvalue weighted by atomic mass is 10.0.